The van der Waals surface area contributed by atoms with Crippen LogP contribution in [0.25, 0.3) is 0 Å². The van der Waals surface area contributed by atoms with E-state index in [9.17, 15) is 9.59 Å². The minimum absolute atomic E-state index is 0.0989. The first-order valence-corrected chi connectivity index (χ1v) is 9.01. The van der Waals surface area contributed by atoms with Gasteiger partial charge >= 0.3 is 11.9 Å². The molecule has 5 nitrogen and oxygen atoms in total. The van der Waals surface area contributed by atoms with Gasteiger partial charge in [-0.15, -0.1) is 0 Å². The van der Waals surface area contributed by atoms with Gasteiger partial charge in [0, 0.05) is 23.7 Å². The van der Waals surface area contributed by atoms with Gasteiger partial charge in [-0.05, 0) is 54.0 Å². The summed E-state index contributed by atoms with van der Waals surface area (Å²) >= 11 is 3.22. The molecule has 0 bridgehead atoms. The molecule has 0 amide bonds. The maximum absolute atomic E-state index is 10.9. The van der Waals surface area contributed by atoms with Gasteiger partial charge in [0.2, 0.25) is 0 Å². The van der Waals surface area contributed by atoms with Crippen molar-refractivity contribution in [3.8, 4) is 0 Å². The van der Waals surface area contributed by atoms with Crippen molar-refractivity contribution in [2.75, 3.05) is 25.1 Å². The number of alkyl halides is 1. The standard InChI is InChI=1S/C10H21NO2.C6H11BrO2/c1-5-13-9(12)7-6-8-11-10(2,3)4;1-2-9-6(8)4-3-5-7/h11H,5-8H2,1-4H3;2-5H2,1H3. The van der Waals surface area contributed by atoms with Crippen LogP contribution in [0, 0.1) is 0 Å². The second kappa shape index (κ2) is 15.3. The highest BCUT2D eigenvalue weighted by Crippen LogP contribution is 1.99. The van der Waals surface area contributed by atoms with Crippen LogP contribution in [0.4, 0.5) is 0 Å². The normalized spacial score (nSPS) is 10.5. The largest absolute Gasteiger partial charge is 0.466 e. The Morgan fingerprint density at radius 1 is 0.955 bits per heavy atom. The molecule has 6 heteroatoms. The molecule has 0 aromatic carbocycles. The molecule has 0 aliphatic rings. The number of ether oxygens (including phenoxy) is 2. The molecule has 0 saturated carbocycles. The maximum atomic E-state index is 10.9. The quantitative estimate of drug-likeness (QED) is 0.376. The van der Waals surface area contributed by atoms with Crippen molar-refractivity contribution in [1.29, 1.82) is 0 Å². The molecular weight excluding hydrogens is 350 g/mol. The zero-order valence-electron chi connectivity index (χ0n) is 14.7. The number of hydrogen-bond acceptors (Lipinski definition) is 5. The molecule has 0 saturated heterocycles. The molecule has 0 radical (unpaired) electrons. The van der Waals surface area contributed by atoms with E-state index < -0.39 is 0 Å². The summed E-state index contributed by atoms with van der Waals surface area (Å²) in [6.07, 6.45) is 2.74. The monoisotopic (exact) mass is 381 g/mol. The van der Waals surface area contributed by atoms with Gasteiger partial charge in [0.1, 0.15) is 0 Å². The summed E-state index contributed by atoms with van der Waals surface area (Å²) in [4.78, 5) is 21.5. The van der Waals surface area contributed by atoms with Crippen molar-refractivity contribution < 1.29 is 19.1 Å². The number of nitrogens with one attached hydrogen (secondary N) is 1. The number of halogens is 1. The highest BCUT2D eigenvalue weighted by molar-refractivity contribution is 9.09. The third-order valence-electron chi connectivity index (χ3n) is 2.34. The van der Waals surface area contributed by atoms with E-state index in [2.05, 4.69) is 46.8 Å². The Kier molecular flexibility index (Phi) is 16.4. The van der Waals surface area contributed by atoms with Crippen LogP contribution in [0.15, 0.2) is 0 Å². The van der Waals surface area contributed by atoms with Crippen LogP contribution in [0.1, 0.15) is 60.3 Å². The van der Waals surface area contributed by atoms with E-state index in [1.165, 1.54) is 0 Å². The first-order chi connectivity index (χ1) is 10.3. The molecule has 0 atom stereocenters. The molecule has 22 heavy (non-hydrogen) atoms. The van der Waals surface area contributed by atoms with E-state index in [4.69, 9.17) is 4.74 Å². The summed E-state index contributed by atoms with van der Waals surface area (Å²) < 4.78 is 9.49. The van der Waals surface area contributed by atoms with E-state index >= 15 is 0 Å². The first kappa shape index (κ1) is 23.6. The summed E-state index contributed by atoms with van der Waals surface area (Å²) in [5.74, 6) is -0.199. The molecule has 0 aliphatic heterocycles. The smallest absolute Gasteiger partial charge is 0.305 e. The zero-order chi connectivity index (χ0) is 17.4. The van der Waals surface area contributed by atoms with Crippen LogP contribution < -0.4 is 5.32 Å². The van der Waals surface area contributed by atoms with Crippen molar-refractivity contribution in [2.45, 2.75) is 65.8 Å². The van der Waals surface area contributed by atoms with Crippen LogP contribution in [-0.4, -0.2) is 42.6 Å². The van der Waals surface area contributed by atoms with Crippen molar-refractivity contribution in [1.82, 2.24) is 5.32 Å². The predicted octanol–water partition coefficient (Wildman–Crippen LogP) is 3.44. The number of rotatable bonds is 9. The first-order valence-electron chi connectivity index (χ1n) is 7.89. The lowest BCUT2D eigenvalue weighted by atomic mass is 10.1. The molecule has 0 unspecified atom stereocenters. The third kappa shape index (κ3) is 21.7. The lowest BCUT2D eigenvalue weighted by Crippen LogP contribution is -2.36. The van der Waals surface area contributed by atoms with Crippen molar-refractivity contribution in [2.24, 2.45) is 0 Å². The van der Waals surface area contributed by atoms with Gasteiger partial charge in [-0.2, -0.15) is 0 Å². The number of hydrogen-bond donors (Lipinski definition) is 1. The van der Waals surface area contributed by atoms with E-state index in [1.807, 2.05) is 13.8 Å². The van der Waals surface area contributed by atoms with Crippen LogP contribution in [0.3, 0.4) is 0 Å². The van der Waals surface area contributed by atoms with Gasteiger partial charge in [0.05, 0.1) is 13.2 Å². The van der Waals surface area contributed by atoms with E-state index in [-0.39, 0.29) is 17.5 Å². The minimum atomic E-state index is -0.100. The second-order valence-corrected chi connectivity index (χ2v) is 6.48. The zero-order valence-corrected chi connectivity index (χ0v) is 16.3. The number of esters is 2. The lowest BCUT2D eigenvalue weighted by molar-refractivity contribution is -0.144. The summed E-state index contributed by atoms with van der Waals surface area (Å²) in [6, 6.07) is 0. The van der Waals surface area contributed by atoms with Gasteiger partial charge < -0.3 is 14.8 Å². The predicted molar refractivity (Wildman–Crippen MR) is 93.3 cm³/mol. The molecule has 0 aromatic heterocycles. The fourth-order valence-corrected chi connectivity index (χ4v) is 1.65. The SMILES string of the molecule is CCOC(=O)CCCBr.CCOC(=O)CCCNC(C)(C)C. The van der Waals surface area contributed by atoms with E-state index in [0.717, 1.165) is 24.7 Å². The van der Waals surface area contributed by atoms with Crippen LogP contribution in [0.2, 0.25) is 0 Å². The third-order valence-corrected chi connectivity index (χ3v) is 2.90. The molecule has 0 aromatic rings. The van der Waals surface area contributed by atoms with Crippen LogP contribution in [0.5, 0.6) is 0 Å². The molecule has 0 heterocycles. The van der Waals surface area contributed by atoms with Gasteiger partial charge in [-0.3, -0.25) is 9.59 Å². The maximum Gasteiger partial charge on any atom is 0.305 e. The average Bonchev–Trinajstić information content (AvgIpc) is 2.42. The molecule has 1 N–H and O–H groups in total. The van der Waals surface area contributed by atoms with Gasteiger partial charge in [0.25, 0.3) is 0 Å². The van der Waals surface area contributed by atoms with Crippen molar-refractivity contribution in [3.63, 3.8) is 0 Å². The number of carbonyl (C=O) groups is 2. The fraction of sp³-hybridized carbons (Fsp3) is 0.875. The summed E-state index contributed by atoms with van der Waals surface area (Å²) in [6.45, 7) is 11.8. The molecule has 0 aliphatic carbocycles. The average molecular weight is 382 g/mol. The highest BCUT2D eigenvalue weighted by Gasteiger charge is 2.08. The van der Waals surface area contributed by atoms with Gasteiger partial charge in [-0.1, -0.05) is 15.9 Å². The van der Waals surface area contributed by atoms with E-state index in [0.29, 0.717) is 26.1 Å². The summed E-state index contributed by atoms with van der Waals surface area (Å²) in [5, 5.41) is 4.18. The minimum Gasteiger partial charge on any atom is -0.466 e. The van der Waals surface area contributed by atoms with E-state index in [1.54, 1.807) is 0 Å². The van der Waals surface area contributed by atoms with Gasteiger partial charge in [-0.25, -0.2) is 0 Å². The highest BCUT2D eigenvalue weighted by atomic mass is 79.9. The van der Waals surface area contributed by atoms with Crippen molar-refractivity contribution in [3.05, 3.63) is 0 Å². The Morgan fingerprint density at radius 3 is 1.77 bits per heavy atom. The molecule has 132 valence electrons. The molecular formula is C16H32BrNO4. The molecule has 0 rings (SSSR count). The summed E-state index contributed by atoms with van der Waals surface area (Å²) in [7, 11) is 0. The second-order valence-electron chi connectivity index (χ2n) is 5.68. The van der Waals surface area contributed by atoms with Gasteiger partial charge in [0.15, 0.2) is 0 Å². The van der Waals surface area contributed by atoms with Crippen LogP contribution >= 0.6 is 15.9 Å². The van der Waals surface area contributed by atoms with Crippen LogP contribution in [-0.2, 0) is 19.1 Å². The van der Waals surface area contributed by atoms with Crippen molar-refractivity contribution >= 4 is 27.9 Å². The fourth-order valence-electron chi connectivity index (χ4n) is 1.37. The Hall–Kier alpha value is -0.620. The lowest BCUT2D eigenvalue weighted by Gasteiger charge is -2.20. The Morgan fingerprint density at radius 2 is 1.41 bits per heavy atom. The Balaban J connectivity index is 0. The topological polar surface area (TPSA) is 64.6 Å². The number of carbonyl (C=O) groups excluding carboxylic acids is 2. The Labute approximate surface area is 143 Å². The Bertz CT molecular complexity index is 290. The molecule has 0 spiro atoms. The molecule has 0 fully saturated rings. The summed E-state index contributed by atoms with van der Waals surface area (Å²) in [5.41, 5.74) is 0.134.